The van der Waals surface area contributed by atoms with E-state index in [0.717, 1.165) is 23.3 Å². The molecule has 0 amide bonds. The normalized spacial score (nSPS) is 19.1. The van der Waals surface area contributed by atoms with Gasteiger partial charge in [0.1, 0.15) is 12.3 Å². The number of amidine groups is 1. The molecule has 1 aromatic heterocycles. The number of benzene rings is 1. The zero-order valence-corrected chi connectivity index (χ0v) is 16.9. The van der Waals surface area contributed by atoms with E-state index < -0.39 is 0 Å². The Kier molecular flexibility index (Phi) is 6.64. The SMILES string of the molecule is COCCOc1cnc(C(=O)Cc2cccc([C@]3(C)CCSC(N)=N3)c2)cn1. The Labute approximate surface area is 168 Å². The summed E-state index contributed by atoms with van der Waals surface area (Å²) in [5.41, 5.74) is 7.86. The van der Waals surface area contributed by atoms with Crippen LogP contribution in [0.25, 0.3) is 0 Å². The van der Waals surface area contributed by atoms with Crippen LogP contribution in [0, 0.1) is 0 Å². The maximum absolute atomic E-state index is 12.6. The summed E-state index contributed by atoms with van der Waals surface area (Å²) in [5.74, 6) is 1.21. The second-order valence-electron chi connectivity index (χ2n) is 6.70. The van der Waals surface area contributed by atoms with Crippen molar-refractivity contribution in [3.8, 4) is 5.88 Å². The highest BCUT2D eigenvalue weighted by atomic mass is 32.2. The molecule has 0 unspecified atom stereocenters. The van der Waals surface area contributed by atoms with Crippen molar-refractivity contribution in [1.82, 2.24) is 9.97 Å². The summed E-state index contributed by atoms with van der Waals surface area (Å²) in [6, 6.07) is 7.95. The van der Waals surface area contributed by atoms with Gasteiger partial charge in [-0.05, 0) is 24.5 Å². The molecule has 28 heavy (non-hydrogen) atoms. The van der Waals surface area contributed by atoms with E-state index in [1.54, 1.807) is 18.9 Å². The van der Waals surface area contributed by atoms with Gasteiger partial charge in [0.15, 0.2) is 11.0 Å². The van der Waals surface area contributed by atoms with Gasteiger partial charge in [0.25, 0.3) is 0 Å². The largest absolute Gasteiger partial charge is 0.474 e. The van der Waals surface area contributed by atoms with E-state index in [1.165, 1.54) is 12.4 Å². The fourth-order valence-electron chi connectivity index (χ4n) is 2.95. The van der Waals surface area contributed by atoms with Crippen LogP contribution in [-0.2, 0) is 16.7 Å². The van der Waals surface area contributed by atoms with Gasteiger partial charge in [-0.1, -0.05) is 36.0 Å². The number of carbonyl (C=O) groups is 1. The average molecular weight is 401 g/mol. The molecule has 2 heterocycles. The summed E-state index contributed by atoms with van der Waals surface area (Å²) in [7, 11) is 1.60. The molecule has 0 spiro atoms. The minimum Gasteiger partial charge on any atom is -0.474 e. The van der Waals surface area contributed by atoms with Crippen LogP contribution >= 0.6 is 11.8 Å². The van der Waals surface area contributed by atoms with Gasteiger partial charge in [-0.25, -0.2) is 9.97 Å². The smallest absolute Gasteiger partial charge is 0.232 e. The average Bonchev–Trinajstić information content (AvgIpc) is 2.69. The number of nitrogens with zero attached hydrogens (tertiary/aromatic N) is 3. The van der Waals surface area contributed by atoms with Gasteiger partial charge in [-0.2, -0.15) is 0 Å². The van der Waals surface area contributed by atoms with Crippen LogP contribution in [0.15, 0.2) is 41.7 Å². The number of aromatic nitrogens is 2. The molecule has 1 atom stereocenters. The fraction of sp³-hybridized carbons (Fsp3) is 0.400. The zero-order chi connectivity index (χ0) is 20.0. The Hall–Kier alpha value is -2.45. The topological polar surface area (TPSA) is 99.7 Å². The fourth-order valence-corrected chi connectivity index (χ4v) is 3.93. The van der Waals surface area contributed by atoms with Crippen LogP contribution in [0.1, 0.15) is 35.0 Å². The zero-order valence-electron chi connectivity index (χ0n) is 16.1. The molecule has 0 saturated carbocycles. The van der Waals surface area contributed by atoms with Gasteiger partial charge in [0.2, 0.25) is 5.88 Å². The number of ketones is 1. The summed E-state index contributed by atoms with van der Waals surface area (Å²) >= 11 is 1.58. The minimum atomic E-state index is -0.352. The van der Waals surface area contributed by atoms with Crippen molar-refractivity contribution in [2.45, 2.75) is 25.3 Å². The highest BCUT2D eigenvalue weighted by Gasteiger charge is 2.29. The Morgan fingerprint density at radius 3 is 2.86 bits per heavy atom. The molecule has 2 aromatic rings. The lowest BCUT2D eigenvalue weighted by molar-refractivity contribution is 0.0987. The van der Waals surface area contributed by atoms with Gasteiger partial charge < -0.3 is 15.2 Å². The summed E-state index contributed by atoms with van der Waals surface area (Å²) in [6.07, 6.45) is 4.05. The highest BCUT2D eigenvalue weighted by molar-refractivity contribution is 8.13. The Bertz CT molecular complexity index is 857. The standard InChI is InChI=1S/C20H24N4O3S/c1-20(6-9-28-19(21)24-20)15-5-3-4-14(10-15)11-17(25)16-12-23-18(13-22-16)27-8-7-26-2/h3-5,10,12-13H,6-9,11H2,1-2H3,(H2,21,24)/t20-/m0/s1. The number of thioether (sulfide) groups is 1. The monoisotopic (exact) mass is 400 g/mol. The molecule has 1 aliphatic rings. The van der Waals surface area contributed by atoms with Crippen LogP contribution < -0.4 is 10.5 Å². The summed E-state index contributed by atoms with van der Waals surface area (Å²) in [5, 5.41) is 0.610. The number of ether oxygens (including phenoxy) is 2. The Morgan fingerprint density at radius 2 is 2.14 bits per heavy atom. The molecule has 1 aromatic carbocycles. The van der Waals surface area contributed by atoms with Crippen molar-refractivity contribution >= 4 is 22.7 Å². The first kappa shape index (κ1) is 20.3. The molecule has 1 aliphatic heterocycles. The number of rotatable bonds is 8. The predicted octanol–water partition coefficient (Wildman–Crippen LogP) is 2.59. The predicted molar refractivity (Wildman–Crippen MR) is 110 cm³/mol. The van der Waals surface area contributed by atoms with Crippen LogP contribution in [0.4, 0.5) is 0 Å². The number of aliphatic imine (C=N–C) groups is 1. The van der Waals surface area contributed by atoms with Gasteiger partial charge >= 0.3 is 0 Å². The number of methoxy groups -OCH3 is 1. The molecule has 7 nitrogen and oxygen atoms in total. The summed E-state index contributed by atoms with van der Waals surface area (Å²) in [4.78, 5) is 25.5. The summed E-state index contributed by atoms with van der Waals surface area (Å²) in [6.45, 7) is 2.93. The van der Waals surface area contributed by atoms with E-state index in [0.29, 0.717) is 30.0 Å². The second-order valence-corrected chi connectivity index (χ2v) is 7.82. The van der Waals surface area contributed by atoms with Crippen LogP contribution in [0.5, 0.6) is 5.88 Å². The van der Waals surface area contributed by atoms with Crippen LogP contribution in [0.3, 0.4) is 0 Å². The van der Waals surface area contributed by atoms with Crippen molar-refractivity contribution < 1.29 is 14.3 Å². The van der Waals surface area contributed by atoms with Crippen molar-refractivity contribution in [1.29, 1.82) is 0 Å². The van der Waals surface area contributed by atoms with E-state index >= 15 is 0 Å². The Balaban J connectivity index is 1.68. The second kappa shape index (κ2) is 9.16. The Morgan fingerprint density at radius 1 is 1.29 bits per heavy atom. The van der Waals surface area contributed by atoms with Crippen molar-refractivity contribution in [3.63, 3.8) is 0 Å². The van der Waals surface area contributed by atoms with E-state index in [2.05, 4.69) is 21.9 Å². The van der Waals surface area contributed by atoms with Gasteiger partial charge in [0, 0.05) is 19.3 Å². The first-order valence-electron chi connectivity index (χ1n) is 9.05. The third-order valence-electron chi connectivity index (χ3n) is 4.56. The quantitative estimate of drug-likeness (QED) is 0.537. The van der Waals surface area contributed by atoms with Gasteiger partial charge in [-0.15, -0.1) is 0 Å². The summed E-state index contributed by atoms with van der Waals surface area (Å²) < 4.78 is 10.3. The molecule has 8 heteroatoms. The minimum absolute atomic E-state index is 0.0968. The molecular weight excluding hydrogens is 376 g/mol. The van der Waals surface area contributed by atoms with Crippen molar-refractivity contribution in [3.05, 3.63) is 53.5 Å². The van der Waals surface area contributed by atoms with Gasteiger partial charge in [-0.3, -0.25) is 9.79 Å². The molecule has 0 saturated heterocycles. The maximum atomic E-state index is 12.6. The number of Topliss-reactive ketones (excluding diaryl/α,β-unsaturated/α-hetero) is 1. The maximum Gasteiger partial charge on any atom is 0.232 e. The molecule has 0 bridgehead atoms. The van der Waals surface area contributed by atoms with Crippen LogP contribution in [-0.4, -0.2) is 47.0 Å². The molecule has 3 rings (SSSR count). The lowest BCUT2D eigenvalue weighted by atomic mass is 9.88. The molecule has 2 N–H and O–H groups in total. The lowest BCUT2D eigenvalue weighted by Crippen LogP contribution is -2.28. The number of nitrogens with two attached hydrogens (primary N) is 1. The molecule has 148 valence electrons. The van der Waals surface area contributed by atoms with Crippen molar-refractivity contribution in [2.24, 2.45) is 10.7 Å². The van der Waals surface area contributed by atoms with E-state index in [9.17, 15) is 4.79 Å². The first-order valence-corrected chi connectivity index (χ1v) is 10.0. The third kappa shape index (κ3) is 5.08. The first-order chi connectivity index (χ1) is 13.5. The van der Waals surface area contributed by atoms with Gasteiger partial charge in [0.05, 0.1) is 24.5 Å². The van der Waals surface area contributed by atoms with E-state index in [-0.39, 0.29) is 17.7 Å². The van der Waals surface area contributed by atoms with E-state index in [4.69, 9.17) is 15.2 Å². The molecule has 0 aliphatic carbocycles. The lowest BCUT2D eigenvalue weighted by Gasteiger charge is -2.30. The van der Waals surface area contributed by atoms with E-state index in [1.807, 2.05) is 24.3 Å². The van der Waals surface area contributed by atoms with Crippen molar-refractivity contribution in [2.75, 3.05) is 26.1 Å². The number of hydrogen-bond donors (Lipinski definition) is 1. The molecule has 0 radical (unpaired) electrons. The van der Waals surface area contributed by atoms with Crippen LogP contribution in [0.2, 0.25) is 0 Å². The number of carbonyl (C=O) groups excluding carboxylic acids is 1. The highest BCUT2D eigenvalue weighted by Crippen LogP contribution is 2.35. The molecule has 0 fully saturated rings. The number of hydrogen-bond acceptors (Lipinski definition) is 8. The third-order valence-corrected chi connectivity index (χ3v) is 5.36. The molecular formula is C20H24N4O3S.